The fraction of sp³-hybridized carbons (Fsp3) is 0.879. The van der Waals surface area contributed by atoms with Crippen molar-refractivity contribution in [2.24, 2.45) is 50.7 Å². The smallest absolute Gasteiger partial charge is 0.312 e. The minimum Gasteiger partial charge on any atom is -0.469 e. The first-order valence-electron chi connectivity index (χ1n) is 15.2. The van der Waals surface area contributed by atoms with Gasteiger partial charge >= 0.3 is 11.9 Å². The zero-order chi connectivity index (χ0) is 28.1. The average molecular weight is 529 g/mol. The van der Waals surface area contributed by atoms with Crippen LogP contribution in [0.4, 0.5) is 0 Å². The van der Waals surface area contributed by atoms with E-state index in [1.165, 1.54) is 19.6 Å². The van der Waals surface area contributed by atoms with E-state index in [9.17, 15) is 14.7 Å². The van der Waals surface area contributed by atoms with E-state index in [4.69, 9.17) is 9.47 Å². The summed E-state index contributed by atoms with van der Waals surface area (Å²) in [4.78, 5) is 25.4. The first kappa shape index (κ1) is 28.2. The number of methoxy groups -OCH3 is 1. The van der Waals surface area contributed by atoms with Crippen LogP contribution < -0.4 is 0 Å². The van der Waals surface area contributed by atoms with Crippen LogP contribution in [0.1, 0.15) is 113 Å². The number of ether oxygens (including phenoxy) is 2. The third-order valence-electron chi connectivity index (χ3n) is 13.9. The predicted octanol–water partition coefficient (Wildman–Crippen LogP) is 6.86. The normalized spacial score (nSPS) is 51.3. The van der Waals surface area contributed by atoms with Crippen molar-refractivity contribution < 1.29 is 24.2 Å². The number of carbonyl (C=O) groups excluding carboxylic acids is 2. The molecule has 5 rings (SSSR count). The topological polar surface area (TPSA) is 72.8 Å². The molecule has 4 fully saturated rings. The van der Waals surface area contributed by atoms with Gasteiger partial charge in [0.05, 0.1) is 18.1 Å². The van der Waals surface area contributed by atoms with Crippen molar-refractivity contribution in [3.63, 3.8) is 0 Å². The van der Waals surface area contributed by atoms with E-state index in [0.29, 0.717) is 11.8 Å². The van der Waals surface area contributed by atoms with Crippen molar-refractivity contribution >= 4 is 11.9 Å². The number of allylic oxidation sites excluding steroid dienone is 1. The van der Waals surface area contributed by atoms with Crippen LogP contribution in [-0.4, -0.2) is 35.9 Å². The predicted molar refractivity (Wildman–Crippen MR) is 148 cm³/mol. The van der Waals surface area contributed by atoms with Crippen LogP contribution >= 0.6 is 0 Å². The van der Waals surface area contributed by atoms with Crippen molar-refractivity contribution in [3.05, 3.63) is 11.6 Å². The summed E-state index contributed by atoms with van der Waals surface area (Å²) in [6.07, 6.45) is 11.0. The number of rotatable bonds is 2. The molecule has 10 atom stereocenters. The van der Waals surface area contributed by atoms with Gasteiger partial charge < -0.3 is 14.6 Å². The fourth-order valence-corrected chi connectivity index (χ4v) is 11.4. The Kier molecular flexibility index (Phi) is 6.36. The molecule has 0 heterocycles. The standard InChI is InChI=1S/C33H52O5/c1-20-12-17-33(27(35)37-9)19-18-30(6)22(26(33)32(20,8)36)10-11-24-29(5)15-14-25(38-21(2)34)28(3,4)23(29)13-16-31(24,30)7/h10,20,23-26,36H,11-19H2,1-9H3/t20-,23+,24-,25+,26-,29+,30-,31-,32-,33+/m1/s1. The molecule has 1 N–H and O–H groups in total. The Labute approximate surface area is 230 Å². The molecule has 0 aromatic heterocycles. The van der Waals surface area contributed by atoms with Gasteiger partial charge in [-0.2, -0.15) is 0 Å². The lowest BCUT2D eigenvalue weighted by molar-refractivity contribution is -0.222. The van der Waals surface area contributed by atoms with Gasteiger partial charge in [0, 0.05) is 18.3 Å². The van der Waals surface area contributed by atoms with Crippen LogP contribution in [0, 0.1) is 50.7 Å². The van der Waals surface area contributed by atoms with E-state index in [1.54, 1.807) is 0 Å². The lowest BCUT2D eigenvalue weighted by Gasteiger charge is -2.71. The van der Waals surface area contributed by atoms with Gasteiger partial charge in [-0.1, -0.05) is 53.2 Å². The van der Waals surface area contributed by atoms with Crippen LogP contribution in [-0.2, 0) is 19.1 Å². The van der Waals surface area contributed by atoms with Gasteiger partial charge in [0.15, 0.2) is 0 Å². The second-order valence-corrected chi connectivity index (χ2v) is 15.5. The van der Waals surface area contributed by atoms with Crippen molar-refractivity contribution in [1.29, 1.82) is 0 Å². The molecule has 0 aromatic carbocycles. The van der Waals surface area contributed by atoms with E-state index in [0.717, 1.165) is 57.8 Å². The first-order valence-corrected chi connectivity index (χ1v) is 15.2. The highest BCUT2D eigenvalue weighted by Crippen LogP contribution is 2.76. The maximum absolute atomic E-state index is 13.5. The largest absolute Gasteiger partial charge is 0.469 e. The Bertz CT molecular complexity index is 1040. The van der Waals surface area contributed by atoms with E-state index in [2.05, 4.69) is 47.6 Å². The Morgan fingerprint density at radius 3 is 2.24 bits per heavy atom. The minimum absolute atomic E-state index is 0.0260. The van der Waals surface area contributed by atoms with Crippen molar-refractivity contribution in [2.45, 2.75) is 125 Å². The van der Waals surface area contributed by atoms with E-state index >= 15 is 0 Å². The second kappa shape index (κ2) is 8.57. The summed E-state index contributed by atoms with van der Waals surface area (Å²) >= 11 is 0. The molecule has 4 saturated carbocycles. The summed E-state index contributed by atoms with van der Waals surface area (Å²) < 4.78 is 11.3. The number of aliphatic hydroxyl groups is 1. The van der Waals surface area contributed by atoms with E-state index in [1.807, 2.05) is 6.92 Å². The fourth-order valence-electron chi connectivity index (χ4n) is 11.4. The van der Waals surface area contributed by atoms with Gasteiger partial charge in [-0.05, 0) is 98.7 Å². The quantitative estimate of drug-likeness (QED) is 0.313. The highest BCUT2D eigenvalue weighted by molar-refractivity contribution is 5.79. The molecule has 0 saturated heterocycles. The van der Waals surface area contributed by atoms with E-state index < -0.39 is 11.0 Å². The monoisotopic (exact) mass is 528 g/mol. The Morgan fingerprint density at radius 1 is 0.921 bits per heavy atom. The summed E-state index contributed by atoms with van der Waals surface area (Å²) in [5.74, 6) is 0.618. The van der Waals surface area contributed by atoms with Gasteiger partial charge in [0.2, 0.25) is 0 Å². The van der Waals surface area contributed by atoms with E-state index in [-0.39, 0.29) is 51.5 Å². The van der Waals surface area contributed by atoms with Crippen LogP contribution in [0.3, 0.4) is 0 Å². The molecule has 0 aromatic rings. The molecule has 5 heteroatoms. The molecule has 38 heavy (non-hydrogen) atoms. The molecule has 0 amide bonds. The number of hydrogen-bond donors (Lipinski definition) is 1. The molecular weight excluding hydrogens is 476 g/mol. The third-order valence-corrected chi connectivity index (χ3v) is 13.9. The Balaban J connectivity index is 1.59. The van der Waals surface area contributed by atoms with Crippen LogP contribution in [0.15, 0.2) is 11.6 Å². The zero-order valence-electron chi connectivity index (χ0n) is 25.4. The van der Waals surface area contributed by atoms with Gasteiger partial charge in [-0.15, -0.1) is 0 Å². The molecule has 5 aliphatic carbocycles. The average Bonchev–Trinajstić information content (AvgIpc) is 2.83. The molecule has 0 spiro atoms. The van der Waals surface area contributed by atoms with Crippen LogP contribution in [0.2, 0.25) is 0 Å². The SMILES string of the molecule is COC(=O)[C@]12CC[C@@H](C)[C@@](C)(O)[C@H]1C1=CC[C@@H]3[C@@]4(C)CC[C@H](OC(C)=O)C(C)(C)[C@@H]4CC[C@@]3(C)[C@]1(C)CC2. The number of fused-ring (bicyclic) bond motifs is 7. The summed E-state index contributed by atoms with van der Waals surface area (Å²) in [5.41, 5.74) is -0.175. The Morgan fingerprint density at radius 2 is 1.61 bits per heavy atom. The van der Waals surface area contributed by atoms with Crippen LogP contribution in [0.25, 0.3) is 0 Å². The Hall–Kier alpha value is -1.36. The summed E-state index contributed by atoms with van der Waals surface area (Å²) in [6, 6.07) is 0. The molecule has 0 bridgehead atoms. The van der Waals surface area contributed by atoms with Crippen molar-refractivity contribution in [3.8, 4) is 0 Å². The molecule has 0 radical (unpaired) electrons. The third kappa shape index (κ3) is 3.38. The summed E-state index contributed by atoms with van der Waals surface area (Å²) in [7, 11) is 1.51. The zero-order valence-corrected chi connectivity index (χ0v) is 25.4. The van der Waals surface area contributed by atoms with Gasteiger partial charge in [-0.25, -0.2) is 0 Å². The molecule has 5 nitrogen and oxygen atoms in total. The first-order chi connectivity index (χ1) is 17.5. The maximum atomic E-state index is 13.5. The number of carbonyl (C=O) groups is 2. The maximum Gasteiger partial charge on any atom is 0.312 e. The molecule has 214 valence electrons. The highest BCUT2D eigenvalue weighted by atomic mass is 16.5. The van der Waals surface area contributed by atoms with Gasteiger partial charge in [0.25, 0.3) is 0 Å². The van der Waals surface area contributed by atoms with Gasteiger partial charge in [0.1, 0.15) is 6.10 Å². The van der Waals surface area contributed by atoms with Gasteiger partial charge in [-0.3, -0.25) is 9.59 Å². The molecule has 0 unspecified atom stereocenters. The molecule has 0 aliphatic heterocycles. The second-order valence-electron chi connectivity index (χ2n) is 15.5. The lowest BCUT2D eigenvalue weighted by Crippen LogP contribution is -2.67. The lowest BCUT2D eigenvalue weighted by atomic mass is 9.33. The summed E-state index contributed by atoms with van der Waals surface area (Å²) in [5, 5.41) is 12.1. The summed E-state index contributed by atoms with van der Waals surface area (Å²) in [6.45, 7) is 17.8. The molecular formula is C33H52O5. The molecule has 5 aliphatic rings. The van der Waals surface area contributed by atoms with Crippen molar-refractivity contribution in [1.82, 2.24) is 0 Å². The highest BCUT2D eigenvalue weighted by Gasteiger charge is 2.71. The number of esters is 2. The van der Waals surface area contributed by atoms with Crippen molar-refractivity contribution in [2.75, 3.05) is 7.11 Å². The minimum atomic E-state index is -0.950. The van der Waals surface area contributed by atoms with Crippen LogP contribution in [0.5, 0.6) is 0 Å². The number of hydrogen-bond acceptors (Lipinski definition) is 5.